The second-order valence-electron chi connectivity index (χ2n) is 4.59. The van der Waals surface area contributed by atoms with Crippen LogP contribution >= 0.6 is 23.2 Å². The molecule has 0 saturated carbocycles. The van der Waals surface area contributed by atoms with Crippen molar-refractivity contribution in [2.45, 2.75) is 19.9 Å². The lowest BCUT2D eigenvalue weighted by molar-refractivity contribution is -0.125. The summed E-state index contributed by atoms with van der Waals surface area (Å²) in [6.45, 7) is 4.41. The van der Waals surface area contributed by atoms with E-state index in [1.165, 1.54) is 0 Å². The highest BCUT2D eigenvalue weighted by Gasteiger charge is 2.23. The topological polar surface area (TPSA) is 20.3 Å². The van der Waals surface area contributed by atoms with Gasteiger partial charge in [0.2, 0.25) is 0 Å². The normalized spacial score (nSPS) is 21.8. The first-order valence-electron chi connectivity index (χ1n) is 5.75. The minimum atomic E-state index is 0.134. The highest BCUT2D eigenvalue weighted by atomic mass is 35.5. The van der Waals surface area contributed by atoms with Crippen molar-refractivity contribution in [2.24, 2.45) is 5.92 Å². The molecule has 0 bridgehead atoms. The number of likely N-dealkylation sites (tertiary alicyclic amines) is 1. The highest BCUT2D eigenvalue weighted by Crippen LogP contribution is 2.23. The van der Waals surface area contributed by atoms with Crippen molar-refractivity contribution in [3.05, 3.63) is 33.8 Å². The quantitative estimate of drug-likeness (QED) is 0.822. The molecule has 1 aliphatic rings. The van der Waals surface area contributed by atoms with Gasteiger partial charge in [0.05, 0.1) is 0 Å². The van der Waals surface area contributed by atoms with Crippen LogP contribution in [-0.4, -0.2) is 23.8 Å². The van der Waals surface area contributed by atoms with E-state index in [2.05, 4.69) is 4.90 Å². The zero-order valence-corrected chi connectivity index (χ0v) is 11.3. The van der Waals surface area contributed by atoms with Crippen LogP contribution in [0.25, 0.3) is 0 Å². The molecule has 4 heteroatoms. The molecule has 0 spiro atoms. The number of halogens is 2. The number of benzene rings is 1. The predicted molar refractivity (Wildman–Crippen MR) is 70.5 cm³/mol. The minimum Gasteiger partial charge on any atom is -0.299 e. The third-order valence-electron chi connectivity index (χ3n) is 3.17. The SMILES string of the molecule is CC1CN(Cc2ccc(Cl)cc2Cl)CCC1=O. The molecule has 17 heavy (non-hydrogen) atoms. The summed E-state index contributed by atoms with van der Waals surface area (Å²) in [5.74, 6) is 0.498. The first-order valence-corrected chi connectivity index (χ1v) is 6.51. The standard InChI is InChI=1S/C13H15Cl2NO/c1-9-7-16(5-4-13(9)17)8-10-2-3-11(14)6-12(10)15/h2-3,6,9H,4-5,7-8H2,1H3. The Bertz CT molecular complexity index is 433. The van der Waals surface area contributed by atoms with E-state index in [-0.39, 0.29) is 5.92 Å². The van der Waals surface area contributed by atoms with Crippen molar-refractivity contribution < 1.29 is 4.79 Å². The number of nitrogens with zero attached hydrogens (tertiary/aromatic N) is 1. The van der Waals surface area contributed by atoms with Crippen LogP contribution in [0.1, 0.15) is 18.9 Å². The Morgan fingerprint density at radius 1 is 1.41 bits per heavy atom. The number of piperidine rings is 1. The van der Waals surface area contributed by atoms with Crippen LogP contribution in [-0.2, 0) is 11.3 Å². The third-order valence-corrected chi connectivity index (χ3v) is 3.75. The van der Waals surface area contributed by atoms with Crippen LogP contribution in [0.2, 0.25) is 10.0 Å². The predicted octanol–water partition coefficient (Wildman–Crippen LogP) is 3.40. The summed E-state index contributed by atoms with van der Waals surface area (Å²) in [6, 6.07) is 5.56. The number of ketones is 1. The van der Waals surface area contributed by atoms with Crippen molar-refractivity contribution in [1.82, 2.24) is 4.90 Å². The lowest BCUT2D eigenvalue weighted by atomic mass is 9.98. The molecular formula is C13H15Cl2NO. The van der Waals surface area contributed by atoms with Crippen molar-refractivity contribution in [2.75, 3.05) is 13.1 Å². The molecule has 1 atom stereocenters. The van der Waals surface area contributed by atoms with Gasteiger partial charge >= 0.3 is 0 Å². The van der Waals surface area contributed by atoms with E-state index in [1.54, 1.807) is 6.07 Å². The number of hydrogen-bond acceptors (Lipinski definition) is 2. The first-order chi connectivity index (χ1) is 8.06. The van der Waals surface area contributed by atoms with Gasteiger partial charge in [-0.15, -0.1) is 0 Å². The molecule has 0 N–H and O–H groups in total. The maximum absolute atomic E-state index is 11.4. The van der Waals surface area contributed by atoms with Gasteiger partial charge in [0.25, 0.3) is 0 Å². The van der Waals surface area contributed by atoms with Gasteiger partial charge < -0.3 is 0 Å². The Balaban J connectivity index is 2.03. The Morgan fingerprint density at radius 3 is 2.82 bits per heavy atom. The molecule has 1 fully saturated rings. The fraction of sp³-hybridized carbons (Fsp3) is 0.462. The van der Waals surface area contributed by atoms with Gasteiger partial charge in [-0.05, 0) is 17.7 Å². The van der Waals surface area contributed by atoms with Gasteiger partial charge in [-0.2, -0.15) is 0 Å². The Labute approximate surface area is 112 Å². The first kappa shape index (κ1) is 12.9. The van der Waals surface area contributed by atoms with E-state index in [0.717, 1.165) is 25.2 Å². The van der Waals surface area contributed by atoms with E-state index < -0.39 is 0 Å². The molecule has 0 aromatic heterocycles. The van der Waals surface area contributed by atoms with Crippen LogP contribution in [0.3, 0.4) is 0 Å². The summed E-state index contributed by atoms with van der Waals surface area (Å²) in [5, 5.41) is 1.35. The zero-order chi connectivity index (χ0) is 12.4. The van der Waals surface area contributed by atoms with E-state index >= 15 is 0 Å². The van der Waals surface area contributed by atoms with Crippen molar-refractivity contribution >= 4 is 29.0 Å². The van der Waals surface area contributed by atoms with E-state index in [1.807, 2.05) is 19.1 Å². The van der Waals surface area contributed by atoms with E-state index in [4.69, 9.17) is 23.2 Å². The van der Waals surface area contributed by atoms with Crippen LogP contribution < -0.4 is 0 Å². The number of Topliss-reactive ketones (excluding diaryl/α,β-unsaturated/α-hetero) is 1. The molecule has 0 amide bonds. The average Bonchev–Trinajstić information content (AvgIpc) is 2.27. The molecule has 92 valence electrons. The summed E-state index contributed by atoms with van der Waals surface area (Å²) < 4.78 is 0. The molecular weight excluding hydrogens is 257 g/mol. The van der Waals surface area contributed by atoms with Gasteiger partial charge in [0.1, 0.15) is 5.78 Å². The summed E-state index contributed by atoms with van der Waals surface area (Å²) in [7, 11) is 0. The van der Waals surface area contributed by atoms with Crippen molar-refractivity contribution in [1.29, 1.82) is 0 Å². The lowest BCUT2D eigenvalue weighted by Crippen LogP contribution is -2.39. The molecule has 0 radical (unpaired) electrons. The molecule has 0 aliphatic carbocycles. The maximum atomic E-state index is 11.4. The van der Waals surface area contributed by atoms with Gasteiger partial charge in [0.15, 0.2) is 0 Å². The van der Waals surface area contributed by atoms with Gasteiger partial charge in [-0.3, -0.25) is 9.69 Å². The number of hydrogen-bond donors (Lipinski definition) is 0. The smallest absolute Gasteiger partial charge is 0.138 e. The minimum absolute atomic E-state index is 0.134. The summed E-state index contributed by atoms with van der Waals surface area (Å²) in [5.41, 5.74) is 1.07. The fourth-order valence-corrected chi connectivity index (χ4v) is 2.60. The zero-order valence-electron chi connectivity index (χ0n) is 9.75. The van der Waals surface area contributed by atoms with E-state index in [9.17, 15) is 4.79 Å². The van der Waals surface area contributed by atoms with Crippen LogP contribution in [0.15, 0.2) is 18.2 Å². The van der Waals surface area contributed by atoms with Crippen LogP contribution in [0, 0.1) is 5.92 Å². The Morgan fingerprint density at radius 2 is 2.18 bits per heavy atom. The molecule has 1 aliphatic heterocycles. The summed E-state index contributed by atoms with van der Waals surface area (Å²) in [6.07, 6.45) is 0.645. The maximum Gasteiger partial charge on any atom is 0.138 e. The molecule has 1 aromatic rings. The number of carbonyl (C=O) groups excluding carboxylic acids is 1. The average molecular weight is 272 g/mol. The summed E-state index contributed by atoms with van der Waals surface area (Å²) in [4.78, 5) is 13.7. The van der Waals surface area contributed by atoms with E-state index in [0.29, 0.717) is 22.2 Å². The number of carbonyl (C=O) groups is 1. The molecule has 1 aromatic carbocycles. The monoisotopic (exact) mass is 271 g/mol. The van der Waals surface area contributed by atoms with Crippen molar-refractivity contribution in [3.63, 3.8) is 0 Å². The van der Waals surface area contributed by atoms with Gasteiger partial charge in [-0.1, -0.05) is 36.2 Å². The lowest BCUT2D eigenvalue weighted by Gasteiger charge is -2.30. The molecule has 2 rings (SSSR count). The third kappa shape index (κ3) is 3.21. The highest BCUT2D eigenvalue weighted by molar-refractivity contribution is 6.35. The van der Waals surface area contributed by atoms with Crippen LogP contribution in [0.5, 0.6) is 0 Å². The van der Waals surface area contributed by atoms with Crippen LogP contribution in [0.4, 0.5) is 0 Å². The van der Waals surface area contributed by atoms with Gasteiger partial charge in [0, 0.05) is 42.0 Å². The second kappa shape index (κ2) is 5.38. The number of rotatable bonds is 2. The Kier molecular flexibility index (Phi) is 4.08. The summed E-state index contributed by atoms with van der Waals surface area (Å²) >= 11 is 12.0. The largest absolute Gasteiger partial charge is 0.299 e. The van der Waals surface area contributed by atoms with Gasteiger partial charge in [-0.25, -0.2) is 0 Å². The molecule has 2 nitrogen and oxygen atoms in total. The molecule has 1 unspecified atom stereocenters. The fourth-order valence-electron chi connectivity index (χ4n) is 2.13. The molecule has 1 heterocycles. The van der Waals surface area contributed by atoms with Crippen molar-refractivity contribution in [3.8, 4) is 0 Å². The Hall–Kier alpha value is -0.570. The molecule has 1 saturated heterocycles. The second-order valence-corrected chi connectivity index (χ2v) is 5.43.